The van der Waals surface area contributed by atoms with Crippen molar-refractivity contribution in [2.45, 2.75) is 6.92 Å². The Labute approximate surface area is 144 Å². The number of nitrogens with one attached hydrogen (secondary N) is 1. The van der Waals surface area contributed by atoms with Crippen molar-refractivity contribution in [2.75, 3.05) is 24.3 Å². The third-order valence-corrected chi connectivity index (χ3v) is 3.70. The minimum atomic E-state index is -0.410. The van der Waals surface area contributed by atoms with Crippen LogP contribution in [-0.4, -0.2) is 39.8 Å². The molecule has 1 amide bonds. The van der Waals surface area contributed by atoms with Gasteiger partial charge >= 0.3 is 0 Å². The van der Waals surface area contributed by atoms with Gasteiger partial charge in [0.05, 0.1) is 23.7 Å². The Hall–Kier alpha value is -3.29. The third kappa shape index (κ3) is 3.18. The quantitative estimate of drug-likeness (QED) is 0.789. The fourth-order valence-electron chi connectivity index (χ4n) is 2.46. The van der Waals surface area contributed by atoms with Crippen molar-refractivity contribution in [1.29, 1.82) is 0 Å². The molecule has 2 heterocycles. The van der Waals surface area contributed by atoms with Crippen LogP contribution in [-0.2, 0) is 0 Å². The highest BCUT2D eigenvalue weighted by Gasteiger charge is 2.18. The number of hydrogen-bond acceptors (Lipinski definition) is 5. The van der Waals surface area contributed by atoms with Gasteiger partial charge in [0, 0.05) is 14.1 Å². The highest BCUT2D eigenvalue weighted by atomic mass is 19.1. The van der Waals surface area contributed by atoms with Gasteiger partial charge in [-0.3, -0.25) is 4.79 Å². The average molecular weight is 340 g/mol. The molecule has 0 atom stereocenters. The van der Waals surface area contributed by atoms with E-state index in [2.05, 4.69) is 20.4 Å². The number of amides is 1. The van der Waals surface area contributed by atoms with Crippen LogP contribution in [0, 0.1) is 12.7 Å². The molecule has 0 aliphatic heterocycles. The molecule has 0 unspecified atom stereocenters. The number of hydrogen-bond donors (Lipinski definition) is 1. The number of nitrogens with zero attached hydrogens (tertiary/aromatic N) is 5. The van der Waals surface area contributed by atoms with E-state index >= 15 is 0 Å². The topological polar surface area (TPSA) is 75.9 Å². The molecule has 0 saturated heterocycles. The molecule has 2 aromatic heterocycles. The van der Waals surface area contributed by atoms with E-state index in [9.17, 15) is 9.18 Å². The van der Waals surface area contributed by atoms with Crippen molar-refractivity contribution < 1.29 is 9.18 Å². The fraction of sp³-hybridized carbons (Fsp3) is 0.176. The highest BCUT2D eigenvalue weighted by Crippen LogP contribution is 2.22. The van der Waals surface area contributed by atoms with Gasteiger partial charge in [0.25, 0.3) is 5.91 Å². The van der Waals surface area contributed by atoms with Gasteiger partial charge in [-0.25, -0.2) is 19.0 Å². The zero-order valence-corrected chi connectivity index (χ0v) is 14.1. The molecular weight excluding hydrogens is 323 g/mol. The number of carbonyl (C=O) groups excluding carboxylic acids is 1. The molecule has 128 valence electrons. The molecule has 0 aliphatic carbocycles. The Morgan fingerprint density at radius 2 is 2.00 bits per heavy atom. The van der Waals surface area contributed by atoms with Crippen molar-refractivity contribution in [1.82, 2.24) is 19.7 Å². The summed E-state index contributed by atoms with van der Waals surface area (Å²) in [6.07, 6.45) is 4.35. The second-order valence-corrected chi connectivity index (χ2v) is 5.62. The van der Waals surface area contributed by atoms with Gasteiger partial charge in [-0.05, 0) is 19.1 Å². The van der Waals surface area contributed by atoms with Gasteiger partial charge in [0.2, 0.25) is 0 Å². The summed E-state index contributed by atoms with van der Waals surface area (Å²) < 4.78 is 15.4. The molecule has 1 aromatic carbocycles. The summed E-state index contributed by atoms with van der Waals surface area (Å²) in [6, 6.07) is 6.26. The predicted octanol–water partition coefficient (Wildman–Crippen LogP) is 2.43. The van der Waals surface area contributed by atoms with Crippen LogP contribution in [0.1, 0.15) is 16.1 Å². The molecule has 8 heteroatoms. The van der Waals surface area contributed by atoms with E-state index in [1.165, 1.54) is 29.5 Å². The fourth-order valence-corrected chi connectivity index (χ4v) is 2.46. The Kier molecular flexibility index (Phi) is 4.42. The molecule has 7 nitrogen and oxygen atoms in total. The monoisotopic (exact) mass is 340 g/mol. The van der Waals surface area contributed by atoms with Gasteiger partial charge in [0.15, 0.2) is 5.82 Å². The average Bonchev–Trinajstić information content (AvgIpc) is 2.97. The first-order chi connectivity index (χ1) is 12.0. The van der Waals surface area contributed by atoms with Gasteiger partial charge in [-0.1, -0.05) is 12.1 Å². The first-order valence-electron chi connectivity index (χ1n) is 7.57. The summed E-state index contributed by atoms with van der Waals surface area (Å²) in [7, 11) is 3.64. The molecule has 25 heavy (non-hydrogen) atoms. The molecule has 0 saturated carbocycles. The summed E-state index contributed by atoms with van der Waals surface area (Å²) in [5, 5.41) is 6.92. The summed E-state index contributed by atoms with van der Waals surface area (Å²) in [4.78, 5) is 22.5. The maximum Gasteiger partial charge on any atom is 0.259 e. The summed E-state index contributed by atoms with van der Waals surface area (Å²) >= 11 is 0. The molecule has 0 spiro atoms. The number of rotatable bonds is 4. The molecule has 3 rings (SSSR count). The van der Waals surface area contributed by atoms with Crippen molar-refractivity contribution in [3.8, 4) is 5.69 Å². The predicted molar refractivity (Wildman–Crippen MR) is 92.6 cm³/mol. The van der Waals surface area contributed by atoms with Gasteiger partial charge in [-0.15, -0.1) is 0 Å². The molecule has 3 aromatic rings. The number of anilines is 2. The van der Waals surface area contributed by atoms with Crippen LogP contribution in [0.2, 0.25) is 0 Å². The van der Waals surface area contributed by atoms with Gasteiger partial charge in [0.1, 0.15) is 23.5 Å². The normalized spacial score (nSPS) is 10.6. The molecule has 0 fully saturated rings. The van der Waals surface area contributed by atoms with E-state index in [-0.39, 0.29) is 11.6 Å². The van der Waals surface area contributed by atoms with Crippen LogP contribution < -0.4 is 10.2 Å². The molecule has 0 bridgehead atoms. The number of benzene rings is 1. The Morgan fingerprint density at radius 3 is 2.72 bits per heavy atom. The van der Waals surface area contributed by atoms with Crippen LogP contribution in [0.5, 0.6) is 0 Å². The second kappa shape index (κ2) is 6.68. The Balaban J connectivity index is 1.91. The smallest absolute Gasteiger partial charge is 0.259 e. The SMILES string of the molecule is Cc1c(C(=O)Nc2cncnc2N(C)C)cnn1-c1ccccc1F. The first-order valence-corrected chi connectivity index (χ1v) is 7.57. The van der Waals surface area contributed by atoms with E-state index in [0.29, 0.717) is 22.8 Å². The standard InChI is InChI=1S/C17H17FN6O/c1-11-12(8-21-24(11)15-7-5-4-6-13(15)18)17(25)22-14-9-19-10-20-16(14)23(2)3/h4-10H,1-3H3,(H,22,25). The van der Waals surface area contributed by atoms with Crippen LogP contribution in [0.4, 0.5) is 15.9 Å². The molecular formula is C17H17FN6O. The summed E-state index contributed by atoms with van der Waals surface area (Å²) in [5.41, 5.74) is 1.65. The van der Waals surface area contributed by atoms with E-state index in [4.69, 9.17) is 0 Å². The van der Waals surface area contributed by atoms with E-state index in [1.54, 1.807) is 30.0 Å². The zero-order valence-electron chi connectivity index (χ0n) is 14.1. The minimum Gasteiger partial charge on any atom is -0.361 e. The highest BCUT2D eigenvalue weighted by molar-refractivity contribution is 6.06. The maximum absolute atomic E-state index is 14.0. The van der Waals surface area contributed by atoms with E-state index in [1.807, 2.05) is 14.1 Å². The van der Waals surface area contributed by atoms with Crippen molar-refractivity contribution in [3.05, 3.63) is 60.1 Å². The number of halogens is 1. The van der Waals surface area contributed by atoms with Crippen molar-refractivity contribution >= 4 is 17.4 Å². The number of carbonyl (C=O) groups is 1. The van der Waals surface area contributed by atoms with Crippen LogP contribution in [0.15, 0.2) is 43.0 Å². The molecule has 0 aliphatic rings. The van der Waals surface area contributed by atoms with Gasteiger partial charge in [-0.2, -0.15) is 5.10 Å². The minimum absolute atomic E-state index is 0.288. The first kappa shape index (κ1) is 16.6. The van der Waals surface area contributed by atoms with Crippen LogP contribution in [0.25, 0.3) is 5.69 Å². The Morgan fingerprint density at radius 1 is 1.24 bits per heavy atom. The molecule has 0 radical (unpaired) electrons. The lowest BCUT2D eigenvalue weighted by atomic mass is 10.2. The largest absolute Gasteiger partial charge is 0.361 e. The van der Waals surface area contributed by atoms with Crippen molar-refractivity contribution in [2.24, 2.45) is 0 Å². The third-order valence-electron chi connectivity index (χ3n) is 3.70. The lowest BCUT2D eigenvalue weighted by Gasteiger charge is -2.15. The van der Waals surface area contributed by atoms with Crippen LogP contribution in [0.3, 0.4) is 0 Å². The summed E-state index contributed by atoms with van der Waals surface area (Å²) in [6.45, 7) is 1.71. The number of para-hydroxylation sites is 1. The Bertz CT molecular complexity index is 921. The zero-order chi connectivity index (χ0) is 18.0. The number of aromatic nitrogens is 4. The maximum atomic E-state index is 14.0. The lowest BCUT2D eigenvalue weighted by molar-refractivity contribution is 0.102. The lowest BCUT2D eigenvalue weighted by Crippen LogP contribution is -2.18. The second-order valence-electron chi connectivity index (χ2n) is 5.62. The van der Waals surface area contributed by atoms with Crippen molar-refractivity contribution in [3.63, 3.8) is 0 Å². The molecule has 1 N–H and O–H groups in total. The van der Waals surface area contributed by atoms with E-state index < -0.39 is 5.82 Å². The van der Waals surface area contributed by atoms with Crippen LogP contribution >= 0.6 is 0 Å². The van der Waals surface area contributed by atoms with E-state index in [0.717, 1.165) is 0 Å². The van der Waals surface area contributed by atoms with Gasteiger partial charge < -0.3 is 10.2 Å². The summed E-state index contributed by atoms with van der Waals surface area (Å²) in [5.74, 6) is -0.188.